The Morgan fingerprint density at radius 1 is 1.16 bits per heavy atom. The summed E-state index contributed by atoms with van der Waals surface area (Å²) in [6.07, 6.45) is 1.67. The average Bonchev–Trinajstić information content (AvgIpc) is 3.15. The van der Waals surface area contributed by atoms with E-state index in [2.05, 4.69) is 20.3 Å². The van der Waals surface area contributed by atoms with Crippen molar-refractivity contribution in [2.75, 3.05) is 43.5 Å². The number of aromatic nitrogens is 3. The Labute approximate surface area is 184 Å². The Bertz CT molecular complexity index is 1120. The largest absolute Gasteiger partial charge is 0.495 e. The topological polar surface area (TPSA) is 92.6 Å². The number of nitrogens with zero attached hydrogens (tertiary/aromatic N) is 5. The number of amides is 2. The Morgan fingerprint density at radius 3 is 2.65 bits per heavy atom. The summed E-state index contributed by atoms with van der Waals surface area (Å²) in [4.78, 5) is 32.6. The van der Waals surface area contributed by atoms with Gasteiger partial charge in [0.25, 0.3) is 0 Å². The molecule has 3 heterocycles. The van der Waals surface area contributed by atoms with Gasteiger partial charge in [-0.1, -0.05) is 11.6 Å². The molecule has 3 aromatic rings. The van der Waals surface area contributed by atoms with E-state index in [9.17, 15) is 9.59 Å². The third kappa shape index (κ3) is 4.56. The van der Waals surface area contributed by atoms with Crippen molar-refractivity contribution in [1.82, 2.24) is 19.7 Å². The van der Waals surface area contributed by atoms with E-state index in [4.69, 9.17) is 16.3 Å². The molecule has 0 aliphatic carbocycles. The average molecular weight is 443 g/mol. The van der Waals surface area contributed by atoms with Gasteiger partial charge in [0.1, 0.15) is 18.1 Å². The molecule has 10 heteroatoms. The molecule has 1 aliphatic heterocycles. The number of anilines is 2. The molecule has 1 aromatic carbocycles. The predicted octanol–water partition coefficient (Wildman–Crippen LogP) is 2.40. The first-order valence-corrected chi connectivity index (χ1v) is 10.3. The van der Waals surface area contributed by atoms with Crippen LogP contribution in [0.1, 0.15) is 6.92 Å². The third-order valence-corrected chi connectivity index (χ3v) is 5.52. The number of benzene rings is 1. The molecule has 2 amide bonds. The van der Waals surface area contributed by atoms with Crippen molar-refractivity contribution < 1.29 is 14.3 Å². The zero-order chi connectivity index (χ0) is 22.0. The fraction of sp³-hybridized carbons (Fsp3) is 0.333. The standard InChI is InChI=1S/C21H23ClN6O3/c1-14(29)24-19-6-3-15-12-23-28(21(15)25-19)13-20(30)27-9-7-26(8-10-27)16-4-5-17(22)18(11-16)31-2/h3-6,11-12H,7-10,13H2,1-2H3,(H,24,25,29). The van der Waals surface area contributed by atoms with Crippen LogP contribution in [0.5, 0.6) is 5.75 Å². The maximum Gasteiger partial charge on any atom is 0.244 e. The summed E-state index contributed by atoms with van der Waals surface area (Å²) >= 11 is 6.11. The molecule has 162 valence electrons. The highest BCUT2D eigenvalue weighted by Gasteiger charge is 2.23. The SMILES string of the molecule is COc1cc(N2CCN(C(=O)Cn3ncc4ccc(NC(C)=O)nc43)CC2)ccc1Cl. The highest BCUT2D eigenvalue weighted by atomic mass is 35.5. The molecule has 0 spiro atoms. The summed E-state index contributed by atoms with van der Waals surface area (Å²) in [5.74, 6) is 0.839. The van der Waals surface area contributed by atoms with Gasteiger partial charge in [-0.3, -0.25) is 9.59 Å². The van der Waals surface area contributed by atoms with Gasteiger partial charge in [0, 0.05) is 50.2 Å². The van der Waals surface area contributed by atoms with E-state index < -0.39 is 0 Å². The van der Waals surface area contributed by atoms with Crippen LogP contribution in [0, 0.1) is 0 Å². The maximum absolute atomic E-state index is 12.9. The van der Waals surface area contributed by atoms with Gasteiger partial charge in [0.05, 0.1) is 18.3 Å². The molecule has 0 saturated carbocycles. The second kappa shape index (κ2) is 8.81. The Morgan fingerprint density at radius 2 is 1.94 bits per heavy atom. The Kier molecular flexibility index (Phi) is 5.94. The van der Waals surface area contributed by atoms with Crippen molar-refractivity contribution in [3.8, 4) is 5.75 Å². The van der Waals surface area contributed by atoms with E-state index in [1.54, 1.807) is 24.1 Å². The first kappa shape index (κ1) is 20.9. The van der Waals surface area contributed by atoms with Gasteiger partial charge >= 0.3 is 0 Å². The normalized spacial score (nSPS) is 14.0. The predicted molar refractivity (Wildman–Crippen MR) is 119 cm³/mol. The molecule has 1 fully saturated rings. The van der Waals surface area contributed by atoms with Crippen molar-refractivity contribution in [1.29, 1.82) is 0 Å². The number of carbonyl (C=O) groups excluding carboxylic acids is 2. The molecule has 4 rings (SSSR count). The number of pyridine rings is 1. The molecule has 0 unspecified atom stereocenters. The van der Waals surface area contributed by atoms with Crippen LogP contribution >= 0.6 is 11.6 Å². The summed E-state index contributed by atoms with van der Waals surface area (Å²) in [6.45, 7) is 4.14. The molecular formula is C21H23ClN6O3. The van der Waals surface area contributed by atoms with Crippen LogP contribution in [-0.4, -0.2) is 64.8 Å². The van der Waals surface area contributed by atoms with Gasteiger partial charge in [-0.15, -0.1) is 0 Å². The minimum absolute atomic E-state index is 0.0231. The van der Waals surface area contributed by atoms with Crippen LogP contribution in [0.15, 0.2) is 36.5 Å². The monoisotopic (exact) mass is 442 g/mol. The Balaban J connectivity index is 1.41. The van der Waals surface area contributed by atoms with Crippen LogP contribution in [0.25, 0.3) is 11.0 Å². The lowest BCUT2D eigenvalue weighted by atomic mass is 10.2. The smallest absolute Gasteiger partial charge is 0.244 e. The van der Waals surface area contributed by atoms with E-state index in [0.29, 0.717) is 48.4 Å². The van der Waals surface area contributed by atoms with Crippen LogP contribution in [0.2, 0.25) is 5.02 Å². The molecule has 31 heavy (non-hydrogen) atoms. The summed E-state index contributed by atoms with van der Waals surface area (Å²) in [5.41, 5.74) is 1.58. The molecule has 0 radical (unpaired) electrons. The zero-order valence-corrected chi connectivity index (χ0v) is 18.1. The number of hydrogen-bond acceptors (Lipinski definition) is 6. The molecule has 9 nitrogen and oxygen atoms in total. The van der Waals surface area contributed by atoms with Crippen molar-refractivity contribution in [3.05, 3.63) is 41.6 Å². The summed E-state index contributed by atoms with van der Waals surface area (Å²) < 4.78 is 6.87. The number of halogens is 1. The minimum atomic E-state index is -0.204. The third-order valence-electron chi connectivity index (χ3n) is 5.21. The second-order valence-electron chi connectivity index (χ2n) is 7.28. The minimum Gasteiger partial charge on any atom is -0.495 e. The van der Waals surface area contributed by atoms with E-state index >= 15 is 0 Å². The summed E-state index contributed by atoms with van der Waals surface area (Å²) in [7, 11) is 1.59. The molecule has 1 saturated heterocycles. The molecule has 0 atom stereocenters. The lowest BCUT2D eigenvalue weighted by Crippen LogP contribution is -2.49. The number of nitrogens with one attached hydrogen (secondary N) is 1. The maximum atomic E-state index is 12.9. The lowest BCUT2D eigenvalue weighted by Gasteiger charge is -2.36. The highest BCUT2D eigenvalue weighted by molar-refractivity contribution is 6.32. The molecular weight excluding hydrogens is 420 g/mol. The van der Waals surface area contributed by atoms with Gasteiger partial charge < -0.3 is 19.9 Å². The number of piperazine rings is 1. The summed E-state index contributed by atoms with van der Waals surface area (Å²) in [5, 5.41) is 8.33. The summed E-state index contributed by atoms with van der Waals surface area (Å²) in [6, 6.07) is 9.21. The molecule has 1 N–H and O–H groups in total. The van der Waals surface area contributed by atoms with Crippen LogP contribution in [-0.2, 0) is 16.1 Å². The number of fused-ring (bicyclic) bond motifs is 1. The first-order chi connectivity index (χ1) is 14.9. The van der Waals surface area contributed by atoms with Gasteiger partial charge in [-0.25, -0.2) is 9.67 Å². The first-order valence-electron chi connectivity index (χ1n) is 9.91. The van der Waals surface area contributed by atoms with E-state index in [-0.39, 0.29) is 18.4 Å². The van der Waals surface area contributed by atoms with Crippen molar-refractivity contribution in [2.45, 2.75) is 13.5 Å². The van der Waals surface area contributed by atoms with Gasteiger partial charge in [-0.05, 0) is 24.3 Å². The lowest BCUT2D eigenvalue weighted by molar-refractivity contribution is -0.132. The van der Waals surface area contributed by atoms with Crippen LogP contribution in [0.3, 0.4) is 0 Å². The van der Waals surface area contributed by atoms with Crippen molar-refractivity contribution >= 4 is 46.0 Å². The number of carbonyl (C=O) groups is 2. The molecule has 1 aliphatic rings. The number of rotatable bonds is 5. The second-order valence-corrected chi connectivity index (χ2v) is 7.69. The van der Waals surface area contributed by atoms with Gasteiger partial charge in [0.2, 0.25) is 11.8 Å². The molecule has 2 aromatic heterocycles. The zero-order valence-electron chi connectivity index (χ0n) is 17.3. The van der Waals surface area contributed by atoms with Crippen LogP contribution < -0.4 is 15.0 Å². The van der Waals surface area contributed by atoms with E-state index in [0.717, 1.165) is 11.1 Å². The van der Waals surface area contributed by atoms with Crippen LogP contribution in [0.4, 0.5) is 11.5 Å². The fourth-order valence-electron chi connectivity index (χ4n) is 3.61. The number of hydrogen-bond donors (Lipinski definition) is 1. The molecule has 0 bridgehead atoms. The fourth-order valence-corrected chi connectivity index (χ4v) is 3.80. The quantitative estimate of drug-likeness (QED) is 0.652. The highest BCUT2D eigenvalue weighted by Crippen LogP contribution is 2.29. The Hall–Kier alpha value is -3.33. The van der Waals surface area contributed by atoms with E-state index in [1.807, 2.05) is 29.2 Å². The van der Waals surface area contributed by atoms with E-state index in [1.165, 1.54) is 6.92 Å². The number of ether oxygens (including phenoxy) is 1. The van der Waals surface area contributed by atoms with Gasteiger partial charge in [0.15, 0.2) is 5.65 Å². The van der Waals surface area contributed by atoms with Crippen molar-refractivity contribution in [3.63, 3.8) is 0 Å². The van der Waals surface area contributed by atoms with Gasteiger partial charge in [-0.2, -0.15) is 5.10 Å². The van der Waals surface area contributed by atoms with Crippen molar-refractivity contribution in [2.24, 2.45) is 0 Å². The number of methoxy groups -OCH3 is 1.